The van der Waals surface area contributed by atoms with Crippen LogP contribution in [0.25, 0.3) is 0 Å². The summed E-state index contributed by atoms with van der Waals surface area (Å²) < 4.78 is 5.02. The smallest absolute Gasteiger partial charge is 0.303 e. The van der Waals surface area contributed by atoms with E-state index in [1.807, 2.05) is 13.0 Å². The van der Waals surface area contributed by atoms with E-state index in [4.69, 9.17) is 4.74 Å². The summed E-state index contributed by atoms with van der Waals surface area (Å²) in [5.74, 6) is -0.206. The largest absolute Gasteiger partial charge is 0.458 e. The number of ether oxygens (including phenoxy) is 1. The quantitative estimate of drug-likeness (QED) is 0.468. The Hall–Kier alpha value is -0.790. The molecule has 0 saturated heterocycles. The molecule has 0 aliphatic rings. The molecule has 0 aromatic heterocycles. The second kappa shape index (κ2) is 6.89. The average molecular weight is 170 g/mol. The van der Waals surface area contributed by atoms with Gasteiger partial charge in [0.25, 0.3) is 0 Å². The molecule has 0 aliphatic heterocycles. The lowest BCUT2D eigenvalue weighted by Crippen LogP contribution is -2.11. The van der Waals surface area contributed by atoms with Crippen molar-refractivity contribution in [2.45, 2.75) is 46.1 Å². The van der Waals surface area contributed by atoms with Gasteiger partial charge in [-0.05, 0) is 18.9 Å². The third kappa shape index (κ3) is 5.96. The van der Waals surface area contributed by atoms with E-state index in [2.05, 4.69) is 13.0 Å². The summed E-state index contributed by atoms with van der Waals surface area (Å²) in [5, 5.41) is 0. The van der Waals surface area contributed by atoms with Crippen LogP contribution in [0.5, 0.6) is 0 Å². The number of carbonyl (C=O) groups is 1. The van der Waals surface area contributed by atoms with Crippen molar-refractivity contribution < 1.29 is 9.53 Å². The molecule has 0 heterocycles. The van der Waals surface area contributed by atoms with E-state index < -0.39 is 0 Å². The van der Waals surface area contributed by atoms with Crippen molar-refractivity contribution >= 4 is 5.97 Å². The summed E-state index contributed by atoms with van der Waals surface area (Å²) in [7, 11) is 0. The standard InChI is InChI=1S/C10H18O2/c1-4-6-7-8-10(5-2)12-9(3)11/h7-8,10H,4-6H2,1-3H3. The summed E-state index contributed by atoms with van der Waals surface area (Å²) in [5.41, 5.74) is 0. The Bertz CT molecular complexity index is 150. The fourth-order valence-electron chi connectivity index (χ4n) is 0.887. The van der Waals surface area contributed by atoms with E-state index >= 15 is 0 Å². The van der Waals surface area contributed by atoms with E-state index in [0.29, 0.717) is 0 Å². The van der Waals surface area contributed by atoms with Gasteiger partial charge in [-0.15, -0.1) is 0 Å². The topological polar surface area (TPSA) is 26.3 Å². The molecule has 0 radical (unpaired) electrons. The highest BCUT2D eigenvalue weighted by Crippen LogP contribution is 2.01. The summed E-state index contributed by atoms with van der Waals surface area (Å²) in [6.07, 6.45) is 7.03. The van der Waals surface area contributed by atoms with Gasteiger partial charge in [-0.2, -0.15) is 0 Å². The minimum Gasteiger partial charge on any atom is -0.458 e. The summed E-state index contributed by atoms with van der Waals surface area (Å²) >= 11 is 0. The van der Waals surface area contributed by atoms with Crippen LogP contribution >= 0.6 is 0 Å². The summed E-state index contributed by atoms with van der Waals surface area (Å²) in [4.78, 5) is 10.6. The zero-order chi connectivity index (χ0) is 9.40. The maximum absolute atomic E-state index is 10.6. The van der Waals surface area contributed by atoms with Crippen LogP contribution in [0.1, 0.15) is 40.0 Å². The minimum absolute atomic E-state index is 0.0333. The van der Waals surface area contributed by atoms with Gasteiger partial charge in [0.15, 0.2) is 0 Å². The number of hydrogen-bond acceptors (Lipinski definition) is 2. The number of carbonyl (C=O) groups excluding carboxylic acids is 1. The van der Waals surface area contributed by atoms with Gasteiger partial charge < -0.3 is 4.74 Å². The van der Waals surface area contributed by atoms with Crippen molar-refractivity contribution in [3.8, 4) is 0 Å². The third-order valence-corrected chi connectivity index (χ3v) is 1.53. The van der Waals surface area contributed by atoms with Gasteiger partial charge in [-0.1, -0.05) is 26.3 Å². The summed E-state index contributed by atoms with van der Waals surface area (Å²) in [6, 6.07) is 0. The number of allylic oxidation sites excluding steroid dienone is 1. The molecule has 0 spiro atoms. The molecule has 0 fully saturated rings. The van der Waals surface area contributed by atoms with Crippen LogP contribution in [0.2, 0.25) is 0 Å². The highest BCUT2D eigenvalue weighted by atomic mass is 16.5. The molecular formula is C10H18O2. The molecule has 0 aromatic carbocycles. The van der Waals surface area contributed by atoms with Crippen LogP contribution in [0, 0.1) is 0 Å². The lowest BCUT2D eigenvalue weighted by Gasteiger charge is -2.09. The minimum atomic E-state index is -0.206. The van der Waals surface area contributed by atoms with Crippen molar-refractivity contribution in [1.82, 2.24) is 0 Å². The predicted octanol–water partition coefficient (Wildman–Crippen LogP) is 2.68. The van der Waals surface area contributed by atoms with Crippen molar-refractivity contribution in [2.24, 2.45) is 0 Å². The van der Waals surface area contributed by atoms with Gasteiger partial charge in [0.05, 0.1) is 0 Å². The van der Waals surface area contributed by atoms with Crippen molar-refractivity contribution in [1.29, 1.82) is 0 Å². The number of hydrogen-bond donors (Lipinski definition) is 0. The van der Waals surface area contributed by atoms with Crippen LogP contribution in [0.4, 0.5) is 0 Å². The Morgan fingerprint density at radius 3 is 2.58 bits per heavy atom. The molecule has 0 aliphatic carbocycles. The molecular weight excluding hydrogens is 152 g/mol. The molecule has 0 aromatic rings. The highest BCUT2D eigenvalue weighted by Gasteiger charge is 2.03. The zero-order valence-electron chi connectivity index (χ0n) is 8.17. The van der Waals surface area contributed by atoms with E-state index in [-0.39, 0.29) is 12.1 Å². The SMILES string of the molecule is CCCC=CC(CC)OC(C)=O. The Labute approximate surface area is 74.6 Å². The molecule has 70 valence electrons. The van der Waals surface area contributed by atoms with Crippen molar-refractivity contribution in [2.75, 3.05) is 0 Å². The summed E-state index contributed by atoms with van der Waals surface area (Å²) in [6.45, 7) is 5.57. The molecule has 0 saturated carbocycles. The van der Waals surface area contributed by atoms with E-state index in [9.17, 15) is 4.79 Å². The lowest BCUT2D eigenvalue weighted by molar-refractivity contribution is -0.144. The predicted molar refractivity (Wildman–Crippen MR) is 49.9 cm³/mol. The van der Waals surface area contributed by atoms with Crippen molar-refractivity contribution in [3.63, 3.8) is 0 Å². The number of rotatable bonds is 5. The first-order valence-corrected chi connectivity index (χ1v) is 4.54. The molecule has 1 unspecified atom stereocenters. The van der Waals surface area contributed by atoms with Gasteiger partial charge in [-0.25, -0.2) is 0 Å². The fraction of sp³-hybridized carbons (Fsp3) is 0.700. The van der Waals surface area contributed by atoms with Crippen molar-refractivity contribution in [3.05, 3.63) is 12.2 Å². The lowest BCUT2D eigenvalue weighted by atomic mass is 10.2. The molecule has 2 heteroatoms. The first-order valence-electron chi connectivity index (χ1n) is 4.54. The van der Waals surface area contributed by atoms with Gasteiger partial charge >= 0.3 is 5.97 Å². The molecule has 0 N–H and O–H groups in total. The molecule has 2 nitrogen and oxygen atoms in total. The zero-order valence-corrected chi connectivity index (χ0v) is 8.17. The van der Waals surface area contributed by atoms with Crippen LogP contribution in [0.15, 0.2) is 12.2 Å². The van der Waals surface area contributed by atoms with Gasteiger partial charge in [0, 0.05) is 6.92 Å². The molecule has 0 bridgehead atoms. The Kier molecular flexibility index (Phi) is 6.44. The second-order valence-electron chi connectivity index (χ2n) is 2.77. The van der Waals surface area contributed by atoms with Gasteiger partial charge in [0.2, 0.25) is 0 Å². The van der Waals surface area contributed by atoms with E-state index in [0.717, 1.165) is 19.3 Å². The third-order valence-electron chi connectivity index (χ3n) is 1.53. The highest BCUT2D eigenvalue weighted by molar-refractivity contribution is 5.66. The number of unbranched alkanes of at least 4 members (excludes halogenated alkanes) is 1. The maximum Gasteiger partial charge on any atom is 0.303 e. The Morgan fingerprint density at radius 1 is 1.50 bits per heavy atom. The van der Waals surface area contributed by atoms with Crippen LogP contribution in [0.3, 0.4) is 0 Å². The first-order chi connectivity index (χ1) is 5.70. The van der Waals surface area contributed by atoms with E-state index in [1.165, 1.54) is 6.92 Å². The average Bonchev–Trinajstić information content (AvgIpc) is 2.02. The van der Waals surface area contributed by atoms with Gasteiger partial charge in [0.1, 0.15) is 6.10 Å². The maximum atomic E-state index is 10.6. The van der Waals surface area contributed by atoms with Crippen LogP contribution in [-0.4, -0.2) is 12.1 Å². The normalized spacial score (nSPS) is 13.2. The molecule has 0 amide bonds. The van der Waals surface area contributed by atoms with Gasteiger partial charge in [-0.3, -0.25) is 4.79 Å². The Balaban J connectivity index is 3.73. The first kappa shape index (κ1) is 11.2. The van der Waals surface area contributed by atoms with Crippen LogP contribution < -0.4 is 0 Å². The number of esters is 1. The monoisotopic (exact) mass is 170 g/mol. The molecule has 0 rings (SSSR count). The second-order valence-corrected chi connectivity index (χ2v) is 2.77. The van der Waals surface area contributed by atoms with Crippen LogP contribution in [-0.2, 0) is 9.53 Å². The van der Waals surface area contributed by atoms with E-state index in [1.54, 1.807) is 0 Å². The fourth-order valence-corrected chi connectivity index (χ4v) is 0.887. The molecule has 1 atom stereocenters. The molecule has 12 heavy (non-hydrogen) atoms. The Morgan fingerprint density at radius 2 is 2.17 bits per heavy atom.